The van der Waals surface area contributed by atoms with Gasteiger partial charge in [0.25, 0.3) is 0 Å². The first kappa shape index (κ1) is 13.7. The second-order valence-electron chi connectivity index (χ2n) is 5.01. The standard InChI is InChI=1S/C17H9ClN2O3/c18-10-6-5-9-7-14(23-13(9)8-10)15-16(17(21)22)20-12-4-2-1-3-11(12)19-15/h1-8H,(H,21,22). The molecule has 0 aliphatic heterocycles. The summed E-state index contributed by atoms with van der Waals surface area (Å²) in [4.78, 5) is 20.1. The highest BCUT2D eigenvalue weighted by Crippen LogP contribution is 2.31. The van der Waals surface area contributed by atoms with Crippen LogP contribution in [0.3, 0.4) is 0 Å². The summed E-state index contributed by atoms with van der Waals surface area (Å²) in [6, 6.07) is 14.1. The summed E-state index contributed by atoms with van der Waals surface area (Å²) in [5.74, 6) is -0.810. The van der Waals surface area contributed by atoms with Crippen molar-refractivity contribution < 1.29 is 14.3 Å². The van der Waals surface area contributed by atoms with Crippen LogP contribution in [0, 0.1) is 0 Å². The Morgan fingerprint density at radius 3 is 2.52 bits per heavy atom. The van der Waals surface area contributed by atoms with Gasteiger partial charge in [-0.25, -0.2) is 14.8 Å². The number of nitrogens with zero attached hydrogens (tertiary/aromatic N) is 2. The molecule has 0 unspecified atom stereocenters. The van der Waals surface area contributed by atoms with Gasteiger partial charge in [0.05, 0.1) is 11.0 Å². The van der Waals surface area contributed by atoms with Crippen molar-refractivity contribution in [3.63, 3.8) is 0 Å². The quantitative estimate of drug-likeness (QED) is 0.591. The molecule has 6 heteroatoms. The minimum atomic E-state index is -1.16. The molecule has 0 aliphatic rings. The van der Waals surface area contributed by atoms with E-state index in [1.807, 2.05) is 6.07 Å². The van der Waals surface area contributed by atoms with E-state index in [1.165, 1.54) is 0 Å². The van der Waals surface area contributed by atoms with Crippen LogP contribution >= 0.6 is 11.6 Å². The Morgan fingerprint density at radius 1 is 1.04 bits per heavy atom. The van der Waals surface area contributed by atoms with E-state index in [0.717, 1.165) is 5.39 Å². The van der Waals surface area contributed by atoms with Gasteiger partial charge in [-0.3, -0.25) is 0 Å². The van der Waals surface area contributed by atoms with E-state index < -0.39 is 5.97 Å². The molecule has 5 nitrogen and oxygen atoms in total. The van der Waals surface area contributed by atoms with Gasteiger partial charge in [0.15, 0.2) is 11.5 Å². The molecular weight excluding hydrogens is 316 g/mol. The summed E-state index contributed by atoms with van der Waals surface area (Å²) in [5, 5.41) is 10.8. The lowest BCUT2D eigenvalue weighted by atomic mass is 10.2. The van der Waals surface area contributed by atoms with E-state index in [2.05, 4.69) is 9.97 Å². The molecule has 0 amide bonds. The molecule has 0 saturated carbocycles. The number of halogens is 1. The van der Waals surface area contributed by atoms with E-state index in [1.54, 1.807) is 42.5 Å². The van der Waals surface area contributed by atoms with Gasteiger partial charge in [-0.1, -0.05) is 23.7 Å². The molecule has 0 saturated heterocycles. The Morgan fingerprint density at radius 2 is 1.78 bits per heavy atom. The highest BCUT2D eigenvalue weighted by Gasteiger charge is 2.20. The van der Waals surface area contributed by atoms with Crippen molar-refractivity contribution in [1.82, 2.24) is 9.97 Å². The predicted octanol–water partition coefficient (Wildman–Crippen LogP) is 4.39. The first-order valence-electron chi connectivity index (χ1n) is 6.81. The molecule has 2 aromatic heterocycles. The zero-order valence-corrected chi connectivity index (χ0v) is 12.4. The maximum atomic E-state index is 11.5. The van der Waals surface area contributed by atoms with Crippen molar-refractivity contribution >= 4 is 39.6 Å². The number of carboxylic acids is 1. The zero-order valence-electron chi connectivity index (χ0n) is 11.7. The van der Waals surface area contributed by atoms with Crippen molar-refractivity contribution in [2.24, 2.45) is 0 Å². The van der Waals surface area contributed by atoms with Crippen LogP contribution in [0.25, 0.3) is 33.5 Å². The maximum absolute atomic E-state index is 11.5. The SMILES string of the molecule is O=C(O)c1nc2ccccc2nc1-c1cc2ccc(Cl)cc2o1. The van der Waals surface area contributed by atoms with Gasteiger partial charge in [0.1, 0.15) is 11.3 Å². The number of para-hydroxylation sites is 2. The van der Waals surface area contributed by atoms with Crippen LogP contribution in [-0.4, -0.2) is 21.0 Å². The Kier molecular flexibility index (Phi) is 3.02. The fourth-order valence-corrected chi connectivity index (χ4v) is 2.60. The summed E-state index contributed by atoms with van der Waals surface area (Å²) in [5.41, 5.74) is 1.75. The molecule has 0 aliphatic carbocycles. The molecule has 2 heterocycles. The fourth-order valence-electron chi connectivity index (χ4n) is 2.44. The second-order valence-corrected chi connectivity index (χ2v) is 5.44. The van der Waals surface area contributed by atoms with E-state index in [-0.39, 0.29) is 11.4 Å². The third kappa shape index (κ3) is 2.31. The summed E-state index contributed by atoms with van der Waals surface area (Å²) < 4.78 is 5.72. The molecule has 4 aromatic rings. The predicted molar refractivity (Wildman–Crippen MR) is 86.7 cm³/mol. The lowest BCUT2D eigenvalue weighted by Crippen LogP contribution is -2.05. The first-order valence-corrected chi connectivity index (χ1v) is 7.19. The lowest BCUT2D eigenvalue weighted by Gasteiger charge is -2.04. The molecule has 112 valence electrons. The van der Waals surface area contributed by atoms with Crippen molar-refractivity contribution in [3.05, 3.63) is 59.2 Å². The Hall–Kier alpha value is -2.92. The van der Waals surface area contributed by atoms with E-state index >= 15 is 0 Å². The van der Waals surface area contributed by atoms with Crippen LogP contribution in [0.15, 0.2) is 52.9 Å². The molecule has 0 bridgehead atoms. The van der Waals surface area contributed by atoms with Crippen LogP contribution in [0.1, 0.15) is 10.5 Å². The van der Waals surface area contributed by atoms with Gasteiger partial charge in [-0.15, -0.1) is 0 Å². The van der Waals surface area contributed by atoms with Crippen LogP contribution in [0.4, 0.5) is 0 Å². The average molecular weight is 325 g/mol. The number of hydrogen-bond acceptors (Lipinski definition) is 4. The Balaban J connectivity index is 2.01. The minimum absolute atomic E-state index is 0.145. The molecule has 23 heavy (non-hydrogen) atoms. The van der Waals surface area contributed by atoms with Gasteiger partial charge < -0.3 is 9.52 Å². The molecule has 1 N–H and O–H groups in total. The van der Waals surface area contributed by atoms with Gasteiger partial charge in [-0.05, 0) is 30.3 Å². The Bertz CT molecular complexity index is 1070. The average Bonchev–Trinajstić information content (AvgIpc) is 2.96. The molecule has 0 spiro atoms. The van der Waals surface area contributed by atoms with Crippen molar-refractivity contribution in [2.75, 3.05) is 0 Å². The summed E-state index contributed by atoms with van der Waals surface area (Å²) in [6.07, 6.45) is 0. The number of benzene rings is 2. The number of carboxylic acid groups (broad SMARTS) is 1. The summed E-state index contributed by atoms with van der Waals surface area (Å²) in [6.45, 7) is 0. The number of rotatable bonds is 2. The molecule has 0 atom stereocenters. The molecular formula is C17H9ClN2O3. The lowest BCUT2D eigenvalue weighted by molar-refractivity contribution is 0.0691. The number of aromatic carboxylic acids is 1. The van der Waals surface area contributed by atoms with Gasteiger partial charge in [-0.2, -0.15) is 0 Å². The minimum Gasteiger partial charge on any atom is -0.476 e. The van der Waals surface area contributed by atoms with Crippen molar-refractivity contribution in [2.45, 2.75) is 0 Å². The van der Waals surface area contributed by atoms with Gasteiger partial charge in [0, 0.05) is 16.5 Å². The third-order valence-electron chi connectivity index (χ3n) is 3.49. The van der Waals surface area contributed by atoms with Gasteiger partial charge >= 0.3 is 5.97 Å². The van der Waals surface area contributed by atoms with Crippen LogP contribution < -0.4 is 0 Å². The topological polar surface area (TPSA) is 76.2 Å². The highest BCUT2D eigenvalue weighted by molar-refractivity contribution is 6.31. The van der Waals surface area contributed by atoms with Gasteiger partial charge in [0.2, 0.25) is 0 Å². The Labute approximate surface area is 135 Å². The highest BCUT2D eigenvalue weighted by atomic mass is 35.5. The molecule has 2 aromatic carbocycles. The van der Waals surface area contributed by atoms with Crippen molar-refractivity contribution in [3.8, 4) is 11.5 Å². The zero-order chi connectivity index (χ0) is 16.0. The van der Waals surface area contributed by atoms with Crippen LogP contribution in [0.5, 0.6) is 0 Å². The molecule has 0 radical (unpaired) electrons. The second kappa shape index (κ2) is 5.07. The van der Waals surface area contributed by atoms with Crippen LogP contribution in [-0.2, 0) is 0 Å². The fraction of sp³-hybridized carbons (Fsp3) is 0. The maximum Gasteiger partial charge on any atom is 0.356 e. The largest absolute Gasteiger partial charge is 0.476 e. The molecule has 4 rings (SSSR count). The van der Waals surface area contributed by atoms with E-state index in [4.69, 9.17) is 16.0 Å². The van der Waals surface area contributed by atoms with Crippen LogP contribution in [0.2, 0.25) is 5.02 Å². The number of furan rings is 1. The monoisotopic (exact) mass is 324 g/mol. The first-order chi connectivity index (χ1) is 11.1. The smallest absolute Gasteiger partial charge is 0.356 e. The number of aromatic nitrogens is 2. The number of carbonyl (C=O) groups is 1. The summed E-state index contributed by atoms with van der Waals surface area (Å²) in [7, 11) is 0. The molecule has 0 fully saturated rings. The van der Waals surface area contributed by atoms with E-state index in [9.17, 15) is 9.90 Å². The number of fused-ring (bicyclic) bond motifs is 2. The third-order valence-corrected chi connectivity index (χ3v) is 3.72. The normalized spacial score (nSPS) is 11.2. The summed E-state index contributed by atoms with van der Waals surface area (Å²) >= 11 is 5.95. The number of hydrogen-bond donors (Lipinski definition) is 1. The van der Waals surface area contributed by atoms with E-state index in [0.29, 0.717) is 27.4 Å². The van der Waals surface area contributed by atoms with Crippen molar-refractivity contribution in [1.29, 1.82) is 0 Å².